The average molecular weight is 259 g/mol. The van der Waals surface area contributed by atoms with Crippen molar-refractivity contribution in [3.05, 3.63) is 0 Å². The number of rotatable bonds is 6. The number of aliphatic carboxylic acids is 1. The summed E-state index contributed by atoms with van der Waals surface area (Å²) >= 11 is 1.27. The van der Waals surface area contributed by atoms with Crippen LogP contribution in [0.3, 0.4) is 0 Å². The van der Waals surface area contributed by atoms with E-state index in [1.54, 1.807) is 6.92 Å². The molecule has 0 aromatic rings. The maximum Gasteiger partial charge on any atom is 0.307 e. The highest BCUT2D eigenvalue weighted by molar-refractivity contribution is 8.00. The number of carbonyl (C=O) groups excluding carboxylic acids is 2. The van der Waals surface area contributed by atoms with Crippen LogP contribution >= 0.6 is 11.8 Å². The molecule has 1 fully saturated rings. The van der Waals surface area contributed by atoms with Crippen molar-refractivity contribution in [1.82, 2.24) is 4.90 Å². The number of imide groups is 1. The van der Waals surface area contributed by atoms with Gasteiger partial charge in [0.15, 0.2) is 0 Å². The van der Waals surface area contributed by atoms with E-state index in [1.807, 2.05) is 6.92 Å². The Morgan fingerprint density at radius 1 is 1.59 bits per heavy atom. The number of carboxylic acid groups (broad SMARTS) is 1. The Kier molecular flexibility index (Phi) is 4.99. The number of hydrogen-bond acceptors (Lipinski definition) is 4. The average Bonchev–Trinajstić information content (AvgIpc) is 2.53. The van der Waals surface area contributed by atoms with Crippen LogP contribution in [0.15, 0.2) is 0 Å². The van der Waals surface area contributed by atoms with E-state index in [4.69, 9.17) is 5.11 Å². The number of carboxylic acids is 1. The zero-order chi connectivity index (χ0) is 13.0. The summed E-state index contributed by atoms with van der Waals surface area (Å²) in [7, 11) is 0. The van der Waals surface area contributed by atoms with Crippen molar-refractivity contribution in [2.75, 3.05) is 12.3 Å². The molecule has 0 radical (unpaired) electrons. The minimum absolute atomic E-state index is 0.141. The highest BCUT2D eigenvalue weighted by Gasteiger charge is 2.38. The maximum absolute atomic E-state index is 11.8. The SMILES string of the molecule is CCCN1C(=O)CC(SCC(C)C(=O)O)C1=O. The molecule has 1 rings (SSSR count). The number of nitrogens with zero attached hydrogens (tertiary/aromatic N) is 1. The van der Waals surface area contributed by atoms with Gasteiger partial charge in [-0.3, -0.25) is 19.3 Å². The first-order chi connectivity index (χ1) is 7.97. The van der Waals surface area contributed by atoms with E-state index in [-0.39, 0.29) is 18.2 Å². The molecule has 0 saturated carbocycles. The van der Waals surface area contributed by atoms with Crippen LogP contribution in [0.2, 0.25) is 0 Å². The summed E-state index contributed by atoms with van der Waals surface area (Å²) in [5.41, 5.74) is 0. The molecule has 2 amide bonds. The third kappa shape index (κ3) is 3.46. The summed E-state index contributed by atoms with van der Waals surface area (Å²) in [5.74, 6) is -1.32. The number of carbonyl (C=O) groups is 3. The van der Waals surface area contributed by atoms with Crippen LogP contribution in [0.4, 0.5) is 0 Å². The normalized spacial score (nSPS) is 22.0. The molecular weight excluding hydrogens is 242 g/mol. The first kappa shape index (κ1) is 14.0. The van der Waals surface area contributed by atoms with Crippen molar-refractivity contribution < 1.29 is 19.5 Å². The summed E-state index contributed by atoms with van der Waals surface area (Å²) in [6.45, 7) is 3.97. The molecule has 1 aliphatic rings. The van der Waals surface area contributed by atoms with Gasteiger partial charge in [-0.2, -0.15) is 0 Å². The van der Waals surface area contributed by atoms with E-state index in [9.17, 15) is 14.4 Å². The first-order valence-corrected chi connectivity index (χ1v) is 6.70. The lowest BCUT2D eigenvalue weighted by atomic mass is 10.2. The Morgan fingerprint density at radius 2 is 2.24 bits per heavy atom. The zero-order valence-electron chi connectivity index (χ0n) is 10.0. The molecule has 0 aliphatic carbocycles. The van der Waals surface area contributed by atoms with E-state index in [0.717, 1.165) is 6.42 Å². The molecular formula is C11H17NO4S. The first-order valence-electron chi connectivity index (χ1n) is 5.66. The van der Waals surface area contributed by atoms with Gasteiger partial charge in [-0.25, -0.2) is 0 Å². The molecule has 2 unspecified atom stereocenters. The van der Waals surface area contributed by atoms with Crippen molar-refractivity contribution in [2.24, 2.45) is 5.92 Å². The van der Waals surface area contributed by atoms with Gasteiger partial charge in [0, 0.05) is 18.7 Å². The van der Waals surface area contributed by atoms with Crippen LogP contribution < -0.4 is 0 Å². The van der Waals surface area contributed by atoms with Crippen LogP contribution in [0, 0.1) is 5.92 Å². The predicted octanol–water partition coefficient (Wildman–Crippen LogP) is 0.978. The molecule has 96 valence electrons. The highest BCUT2D eigenvalue weighted by atomic mass is 32.2. The van der Waals surface area contributed by atoms with Gasteiger partial charge in [0.1, 0.15) is 0 Å². The van der Waals surface area contributed by atoms with E-state index in [0.29, 0.717) is 12.3 Å². The van der Waals surface area contributed by atoms with Crippen LogP contribution in [-0.2, 0) is 14.4 Å². The number of thioether (sulfide) groups is 1. The van der Waals surface area contributed by atoms with Crippen molar-refractivity contribution >= 4 is 29.5 Å². The van der Waals surface area contributed by atoms with Crippen molar-refractivity contribution in [3.63, 3.8) is 0 Å². The molecule has 0 aromatic heterocycles. The zero-order valence-corrected chi connectivity index (χ0v) is 10.8. The topological polar surface area (TPSA) is 74.7 Å². The number of likely N-dealkylation sites (tertiary alicyclic amines) is 1. The third-order valence-electron chi connectivity index (χ3n) is 2.62. The minimum Gasteiger partial charge on any atom is -0.481 e. The van der Waals surface area contributed by atoms with Gasteiger partial charge in [0.25, 0.3) is 0 Å². The van der Waals surface area contributed by atoms with Gasteiger partial charge in [-0.05, 0) is 6.42 Å². The molecule has 5 nitrogen and oxygen atoms in total. The number of hydrogen-bond donors (Lipinski definition) is 1. The van der Waals surface area contributed by atoms with Crippen LogP contribution in [0.1, 0.15) is 26.7 Å². The van der Waals surface area contributed by atoms with Gasteiger partial charge in [-0.1, -0.05) is 13.8 Å². The summed E-state index contributed by atoms with van der Waals surface area (Å²) in [4.78, 5) is 35.3. The third-order valence-corrected chi connectivity index (χ3v) is 4.08. The maximum atomic E-state index is 11.8. The largest absolute Gasteiger partial charge is 0.481 e. The second-order valence-corrected chi connectivity index (χ2v) is 5.38. The lowest BCUT2D eigenvalue weighted by molar-refractivity contribution is -0.141. The summed E-state index contributed by atoms with van der Waals surface area (Å²) in [6.07, 6.45) is 0.955. The Bertz CT molecular complexity index is 331. The summed E-state index contributed by atoms with van der Waals surface area (Å²) in [6, 6.07) is 0. The lowest BCUT2D eigenvalue weighted by Crippen LogP contribution is -2.32. The summed E-state index contributed by atoms with van der Waals surface area (Å²) in [5, 5.41) is 8.34. The molecule has 0 aromatic carbocycles. The van der Waals surface area contributed by atoms with Crippen molar-refractivity contribution in [3.8, 4) is 0 Å². The molecule has 1 saturated heterocycles. The fraction of sp³-hybridized carbons (Fsp3) is 0.727. The van der Waals surface area contributed by atoms with E-state index in [1.165, 1.54) is 16.7 Å². The monoisotopic (exact) mass is 259 g/mol. The van der Waals surface area contributed by atoms with E-state index < -0.39 is 17.1 Å². The molecule has 0 spiro atoms. The predicted molar refractivity (Wildman–Crippen MR) is 64.7 cm³/mol. The molecule has 2 atom stereocenters. The molecule has 0 bridgehead atoms. The Morgan fingerprint density at radius 3 is 2.76 bits per heavy atom. The van der Waals surface area contributed by atoms with Gasteiger partial charge in [0.05, 0.1) is 11.2 Å². The molecule has 1 heterocycles. The summed E-state index contributed by atoms with van der Waals surface area (Å²) < 4.78 is 0. The van der Waals surface area contributed by atoms with Crippen LogP contribution in [0.5, 0.6) is 0 Å². The quantitative estimate of drug-likeness (QED) is 0.720. The molecule has 1 N–H and O–H groups in total. The standard InChI is InChI=1S/C11H17NO4S/c1-3-4-12-9(13)5-8(10(12)14)17-6-7(2)11(15)16/h7-8H,3-6H2,1-2H3,(H,15,16). The fourth-order valence-corrected chi connectivity index (χ4v) is 2.77. The number of amides is 2. The Balaban J connectivity index is 2.49. The molecule has 1 aliphatic heterocycles. The van der Waals surface area contributed by atoms with Gasteiger partial charge in [0.2, 0.25) is 11.8 Å². The molecule has 6 heteroatoms. The van der Waals surface area contributed by atoms with E-state index >= 15 is 0 Å². The fourth-order valence-electron chi connectivity index (χ4n) is 1.57. The van der Waals surface area contributed by atoms with Gasteiger partial charge < -0.3 is 5.11 Å². The second kappa shape index (κ2) is 6.05. The second-order valence-electron chi connectivity index (χ2n) is 4.15. The van der Waals surface area contributed by atoms with Gasteiger partial charge in [-0.15, -0.1) is 11.8 Å². The Labute approximate surface area is 105 Å². The lowest BCUT2D eigenvalue weighted by Gasteiger charge is -2.13. The Hall–Kier alpha value is -1.04. The minimum atomic E-state index is -0.875. The van der Waals surface area contributed by atoms with Crippen LogP contribution in [-0.4, -0.2) is 45.3 Å². The van der Waals surface area contributed by atoms with Crippen molar-refractivity contribution in [2.45, 2.75) is 31.9 Å². The highest BCUT2D eigenvalue weighted by Crippen LogP contribution is 2.26. The van der Waals surface area contributed by atoms with Crippen LogP contribution in [0.25, 0.3) is 0 Å². The van der Waals surface area contributed by atoms with Crippen molar-refractivity contribution in [1.29, 1.82) is 0 Å². The smallest absolute Gasteiger partial charge is 0.307 e. The van der Waals surface area contributed by atoms with Gasteiger partial charge >= 0.3 is 5.97 Å². The molecule has 17 heavy (non-hydrogen) atoms. The van der Waals surface area contributed by atoms with E-state index in [2.05, 4.69) is 0 Å².